The first-order valence-corrected chi connectivity index (χ1v) is 17.0. The van der Waals surface area contributed by atoms with Crippen LogP contribution >= 0.6 is 23.2 Å². The van der Waals surface area contributed by atoms with Gasteiger partial charge < -0.3 is 15.0 Å². The number of nitrogens with zero attached hydrogens (tertiary/aromatic N) is 2. The largest absolute Gasteiger partial charge is 0.497 e. The molecule has 11 heteroatoms. The quantitative estimate of drug-likeness (QED) is 0.159. The summed E-state index contributed by atoms with van der Waals surface area (Å²) in [6.45, 7) is 3.09. The van der Waals surface area contributed by atoms with Gasteiger partial charge in [0.05, 0.1) is 17.7 Å². The molecule has 0 saturated heterocycles. The van der Waals surface area contributed by atoms with Gasteiger partial charge >= 0.3 is 0 Å². The van der Waals surface area contributed by atoms with E-state index in [-0.39, 0.29) is 35.5 Å². The molecule has 0 bridgehead atoms. The molecule has 4 aromatic carbocycles. The second kappa shape index (κ2) is 16.0. The summed E-state index contributed by atoms with van der Waals surface area (Å²) in [7, 11) is -2.72. The fourth-order valence-corrected chi connectivity index (χ4v) is 6.80. The molecule has 4 rings (SSSR count). The predicted octanol–water partition coefficient (Wildman–Crippen LogP) is 6.75. The molecule has 0 spiro atoms. The molecular formula is C35H37Cl2N3O5S. The molecular weight excluding hydrogens is 645 g/mol. The van der Waals surface area contributed by atoms with Crippen molar-refractivity contribution < 1.29 is 22.7 Å². The molecule has 1 N–H and O–H groups in total. The molecule has 2 amide bonds. The third kappa shape index (κ3) is 8.60. The van der Waals surface area contributed by atoms with Crippen LogP contribution in [0, 0.1) is 0 Å². The van der Waals surface area contributed by atoms with Crippen molar-refractivity contribution in [2.24, 2.45) is 0 Å². The lowest BCUT2D eigenvalue weighted by Gasteiger charge is -2.34. The lowest BCUT2D eigenvalue weighted by atomic mass is 10.0. The summed E-state index contributed by atoms with van der Waals surface area (Å²) in [5.74, 6) is -0.477. The Hall–Kier alpha value is -4.05. The minimum absolute atomic E-state index is 0.00895. The predicted molar refractivity (Wildman–Crippen MR) is 183 cm³/mol. The zero-order chi connectivity index (χ0) is 33.3. The van der Waals surface area contributed by atoms with E-state index < -0.39 is 28.5 Å². The highest BCUT2D eigenvalue weighted by Gasteiger charge is 2.35. The van der Waals surface area contributed by atoms with Crippen LogP contribution in [0.5, 0.6) is 5.75 Å². The number of hydrogen-bond donors (Lipinski definition) is 1. The minimum atomic E-state index is -4.23. The van der Waals surface area contributed by atoms with Crippen molar-refractivity contribution in [2.75, 3.05) is 18.0 Å². The molecule has 8 nitrogen and oxygen atoms in total. The van der Waals surface area contributed by atoms with E-state index in [1.807, 2.05) is 44.2 Å². The van der Waals surface area contributed by atoms with Crippen molar-refractivity contribution >= 4 is 50.7 Å². The summed E-state index contributed by atoms with van der Waals surface area (Å²) >= 11 is 13.1. The molecule has 0 aromatic heterocycles. The summed E-state index contributed by atoms with van der Waals surface area (Å²) in [5.41, 5.74) is 1.51. The first-order chi connectivity index (χ1) is 22.0. The third-order valence-electron chi connectivity index (χ3n) is 7.63. The zero-order valence-corrected chi connectivity index (χ0v) is 28.2. The number of halogens is 2. The van der Waals surface area contributed by atoms with E-state index in [0.717, 1.165) is 9.87 Å². The number of ether oxygens (including phenoxy) is 1. The third-order valence-corrected chi connectivity index (χ3v) is 10.1. The molecule has 0 heterocycles. The number of hydrogen-bond acceptors (Lipinski definition) is 5. The van der Waals surface area contributed by atoms with Crippen LogP contribution in [-0.4, -0.2) is 50.9 Å². The smallest absolute Gasteiger partial charge is 0.264 e. The average molecular weight is 683 g/mol. The molecule has 0 aliphatic carbocycles. The van der Waals surface area contributed by atoms with Crippen LogP contribution in [0.3, 0.4) is 0 Å². The van der Waals surface area contributed by atoms with Crippen molar-refractivity contribution in [3.05, 3.63) is 124 Å². The van der Waals surface area contributed by atoms with Crippen molar-refractivity contribution in [1.82, 2.24) is 10.2 Å². The number of carbonyl (C=O) groups excluding carboxylic acids is 2. The molecule has 0 unspecified atom stereocenters. The number of nitrogens with one attached hydrogen (secondary N) is 1. The van der Waals surface area contributed by atoms with E-state index >= 15 is 0 Å². The van der Waals surface area contributed by atoms with Gasteiger partial charge in [0, 0.05) is 34.6 Å². The summed E-state index contributed by atoms with van der Waals surface area (Å²) in [6, 6.07) is 27.4. The summed E-state index contributed by atoms with van der Waals surface area (Å²) < 4.78 is 34.5. The van der Waals surface area contributed by atoms with Crippen molar-refractivity contribution in [3.8, 4) is 5.75 Å². The second-order valence-electron chi connectivity index (χ2n) is 10.8. The molecule has 4 aromatic rings. The van der Waals surface area contributed by atoms with E-state index in [0.29, 0.717) is 27.8 Å². The Morgan fingerprint density at radius 1 is 0.848 bits per heavy atom. The Morgan fingerprint density at radius 2 is 1.43 bits per heavy atom. The van der Waals surface area contributed by atoms with Gasteiger partial charge in [-0.25, -0.2) is 8.42 Å². The zero-order valence-electron chi connectivity index (χ0n) is 25.9. The minimum Gasteiger partial charge on any atom is -0.497 e. The van der Waals surface area contributed by atoms with E-state index in [4.69, 9.17) is 27.9 Å². The number of amides is 2. The monoisotopic (exact) mass is 681 g/mol. The highest BCUT2D eigenvalue weighted by molar-refractivity contribution is 7.92. The Morgan fingerprint density at radius 3 is 2.00 bits per heavy atom. The molecule has 0 radical (unpaired) electrons. The summed E-state index contributed by atoms with van der Waals surface area (Å²) in [5, 5.41) is 3.64. The Bertz CT molecular complexity index is 1700. The Labute approximate surface area is 280 Å². The van der Waals surface area contributed by atoms with Gasteiger partial charge in [-0.15, -0.1) is 0 Å². The van der Waals surface area contributed by atoms with Gasteiger partial charge in [-0.1, -0.05) is 84.7 Å². The SMILES string of the molecule is CC[C@@H](C)NC(=O)[C@@H](Cc1ccccc1)N(Cc1c(Cl)cccc1Cl)C(=O)CN(c1ccc(OC)cc1)S(=O)(=O)c1ccccc1. The number of anilines is 1. The van der Waals surface area contributed by atoms with Crippen LogP contribution in [0.15, 0.2) is 108 Å². The molecule has 0 fully saturated rings. The van der Waals surface area contributed by atoms with Crippen molar-refractivity contribution in [3.63, 3.8) is 0 Å². The number of sulfonamides is 1. The number of methoxy groups -OCH3 is 1. The van der Waals surface area contributed by atoms with Crippen LogP contribution in [0.25, 0.3) is 0 Å². The van der Waals surface area contributed by atoms with Gasteiger partial charge in [0.15, 0.2) is 0 Å². The van der Waals surface area contributed by atoms with Gasteiger partial charge in [-0.3, -0.25) is 13.9 Å². The fourth-order valence-electron chi connectivity index (χ4n) is 4.85. The van der Waals surface area contributed by atoms with Crippen LogP contribution in [-0.2, 0) is 32.6 Å². The van der Waals surface area contributed by atoms with Gasteiger partial charge in [-0.2, -0.15) is 0 Å². The molecule has 0 aliphatic heterocycles. The van der Waals surface area contributed by atoms with Crippen molar-refractivity contribution in [1.29, 1.82) is 0 Å². The maximum absolute atomic E-state index is 14.6. The lowest BCUT2D eigenvalue weighted by molar-refractivity contribution is -0.140. The Kier molecular flexibility index (Phi) is 12.1. The average Bonchev–Trinajstić information content (AvgIpc) is 3.07. The highest BCUT2D eigenvalue weighted by Crippen LogP contribution is 2.29. The topological polar surface area (TPSA) is 96.0 Å². The van der Waals surface area contributed by atoms with Crippen LogP contribution < -0.4 is 14.4 Å². The normalized spacial score (nSPS) is 12.5. The van der Waals surface area contributed by atoms with Crippen LogP contribution in [0.1, 0.15) is 31.4 Å². The fraction of sp³-hybridized carbons (Fsp3) is 0.257. The second-order valence-corrected chi connectivity index (χ2v) is 13.4. The van der Waals surface area contributed by atoms with Crippen LogP contribution in [0.4, 0.5) is 5.69 Å². The van der Waals surface area contributed by atoms with E-state index in [1.165, 1.54) is 24.1 Å². The summed E-state index contributed by atoms with van der Waals surface area (Å²) in [6.07, 6.45) is 0.847. The lowest BCUT2D eigenvalue weighted by Crippen LogP contribution is -2.54. The molecule has 0 aliphatic rings. The highest BCUT2D eigenvalue weighted by atomic mass is 35.5. The maximum Gasteiger partial charge on any atom is 0.264 e. The molecule has 46 heavy (non-hydrogen) atoms. The van der Waals surface area contributed by atoms with Gasteiger partial charge in [0.25, 0.3) is 10.0 Å². The molecule has 242 valence electrons. The van der Waals surface area contributed by atoms with Gasteiger partial charge in [0.2, 0.25) is 11.8 Å². The van der Waals surface area contributed by atoms with Crippen molar-refractivity contribution in [2.45, 2.75) is 50.2 Å². The first kappa shape index (κ1) is 34.8. The number of carbonyl (C=O) groups is 2. The van der Waals surface area contributed by atoms with Gasteiger partial charge in [0.1, 0.15) is 18.3 Å². The molecule has 0 saturated carbocycles. The van der Waals surface area contributed by atoms with E-state index in [9.17, 15) is 18.0 Å². The van der Waals surface area contributed by atoms with E-state index in [1.54, 1.807) is 60.7 Å². The van der Waals surface area contributed by atoms with Crippen LogP contribution in [0.2, 0.25) is 10.0 Å². The molecule has 2 atom stereocenters. The Balaban J connectivity index is 1.83. The number of benzene rings is 4. The maximum atomic E-state index is 14.6. The standard InChI is InChI=1S/C35H37Cl2N3O5S/c1-4-25(2)38-35(42)33(22-26-12-7-5-8-13-26)39(23-30-31(36)16-11-17-32(30)37)34(41)24-40(27-18-20-28(45-3)21-19-27)46(43,44)29-14-9-6-10-15-29/h5-21,25,33H,4,22-24H2,1-3H3,(H,38,42)/t25-,33-/m1/s1. The first-order valence-electron chi connectivity index (χ1n) is 14.8. The van der Waals surface area contributed by atoms with Gasteiger partial charge in [-0.05, 0) is 67.4 Å². The van der Waals surface area contributed by atoms with E-state index in [2.05, 4.69) is 5.32 Å². The summed E-state index contributed by atoms with van der Waals surface area (Å²) in [4.78, 5) is 29.9. The number of rotatable bonds is 14.